The first-order valence-corrected chi connectivity index (χ1v) is 4.05. The van der Waals surface area contributed by atoms with Crippen LogP contribution in [0.5, 0.6) is 0 Å². The summed E-state index contributed by atoms with van der Waals surface area (Å²) >= 11 is 0. The van der Waals surface area contributed by atoms with Crippen LogP contribution in [0.4, 0.5) is 0 Å². The van der Waals surface area contributed by atoms with Gasteiger partial charge in [0.15, 0.2) is 0 Å². The Morgan fingerprint density at radius 3 is 2.57 bits per heavy atom. The van der Waals surface area contributed by atoms with Gasteiger partial charge in [0, 0.05) is 17.6 Å². The summed E-state index contributed by atoms with van der Waals surface area (Å²) in [5.74, 6) is -1.86. The first kappa shape index (κ1) is 8.80. The number of hydrogen-bond donors (Lipinski definition) is 2. The molecule has 5 heteroatoms. The van der Waals surface area contributed by atoms with Crippen LogP contribution in [-0.2, 0) is 14.3 Å². The topological polar surface area (TPSA) is 83.8 Å². The minimum atomic E-state index is -1.42. The maximum absolute atomic E-state index is 10.9. The number of rotatable bonds is 2. The first-order valence-electron chi connectivity index (χ1n) is 4.05. The van der Waals surface area contributed by atoms with E-state index in [0.717, 1.165) is 0 Å². The number of allylic oxidation sites excluding steroid dienone is 1. The Morgan fingerprint density at radius 1 is 1.50 bits per heavy atom. The molecular weight excluding hydrogens is 188 g/mol. The zero-order valence-electron chi connectivity index (χ0n) is 7.40. The van der Waals surface area contributed by atoms with Crippen LogP contribution in [-0.4, -0.2) is 27.8 Å². The molecule has 5 nitrogen and oxygen atoms in total. The Bertz CT molecular complexity index is 403. The summed E-state index contributed by atoms with van der Waals surface area (Å²) in [6, 6.07) is 0. The Kier molecular flexibility index (Phi) is 1.49. The molecule has 1 unspecified atom stereocenters. The number of aliphatic carboxylic acids is 2. The zero-order chi connectivity index (χ0) is 10.5. The zero-order valence-corrected chi connectivity index (χ0v) is 7.40. The molecule has 0 spiro atoms. The summed E-state index contributed by atoms with van der Waals surface area (Å²) in [5, 5.41) is 17.6. The van der Waals surface area contributed by atoms with Crippen LogP contribution in [0.1, 0.15) is 13.3 Å². The Labute approximate surface area is 79.3 Å². The lowest BCUT2D eigenvalue weighted by Gasteiger charge is -2.44. The lowest BCUT2D eigenvalue weighted by molar-refractivity contribution is -0.163. The lowest BCUT2D eigenvalue weighted by Crippen LogP contribution is -2.52. The van der Waals surface area contributed by atoms with E-state index in [1.807, 2.05) is 0 Å². The van der Waals surface area contributed by atoms with E-state index in [0.29, 0.717) is 11.3 Å². The van der Waals surface area contributed by atoms with E-state index in [9.17, 15) is 9.59 Å². The van der Waals surface area contributed by atoms with Crippen molar-refractivity contribution in [1.29, 1.82) is 0 Å². The van der Waals surface area contributed by atoms with Crippen molar-refractivity contribution in [1.82, 2.24) is 0 Å². The summed E-state index contributed by atoms with van der Waals surface area (Å²) in [4.78, 5) is 21.6. The highest BCUT2D eigenvalue weighted by Gasteiger charge is 2.55. The number of carbonyl (C=O) groups is 2. The lowest BCUT2D eigenvalue weighted by atomic mass is 9.78. The molecule has 0 fully saturated rings. The predicted octanol–water partition coefficient (Wildman–Crippen LogP) is 0.529. The fourth-order valence-corrected chi connectivity index (χ4v) is 1.69. The molecule has 2 N–H and O–H groups in total. The van der Waals surface area contributed by atoms with E-state index in [4.69, 9.17) is 14.9 Å². The molecule has 2 bridgehead atoms. The molecule has 3 rings (SSSR count). The third kappa shape index (κ3) is 0.837. The van der Waals surface area contributed by atoms with Crippen molar-refractivity contribution in [3.8, 4) is 0 Å². The fourth-order valence-electron chi connectivity index (χ4n) is 1.69. The molecule has 3 aliphatic rings. The number of fused-ring (bicyclic) bond motifs is 1. The molecule has 2 aliphatic heterocycles. The summed E-state index contributed by atoms with van der Waals surface area (Å²) in [5.41, 5.74) is -0.744. The first-order chi connectivity index (χ1) is 6.47. The van der Waals surface area contributed by atoms with Gasteiger partial charge in [-0.15, -0.1) is 0 Å². The highest BCUT2D eigenvalue weighted by atomic mass is 16.5. The molecule has 0 saturated carbocycles. The molecule has 0 amide bonds. The van der Waals surface area contributed by atoms with Gasteiger partial charge in [-0.05, 0) is 13.0 Å². The van der Waals surface area contributed by atoms with Gasteiger partial charge in [-0.2, -0.15) is 0 Å². The van der Waals surface area contributed by atoms with E-state index in [1.165, 1.54) is 6.08 Å². The van der Waals surface area contributed by atoms with Crippen LogP contribution in [0.2, 0.25) is 0 Å². The normalized spacial score (nSPS) is 28.8. The van der Waals surface area contributed by atoms with Crippen LogP contribution in [0.25, 0.3) is 0 Å². The van der Waals surface area contributed by atoms with E-state index in [1.54, 1.807) is 6.92 Å². The number of hydrogen-bond acceptors (Lipinski definition) is 3. The average molecular weight is 196 g/mol. The smallest absolute Gasteiger partial charge is 0.353 e. The molecule has 14 heavy (non-hydrogen) atoms. The maximum atomic E-state index is 10.9. The summed E-state index contributed by atoms with van der Waals surface area (Å²) in [6.45, 7) is 1.64. The van der Waals surface area contributed by atoms with Gasteiger partial charge < -0.3 is 14.9 Å². The molecule has 0 aromatic carbocycles. The molecule has 0 saturated heterocycles. The molecule has 2 heterocycles. The van der Waals surface area contributed by atoms with Gasteiger partial charge in [0.25, 0.3) is 0 Å². The Hall–Kier alpha value is -1.78. The van der Waals surface area contributed by atoms with E-state index in [-0.39, 0.29) is 12.0 Å². The molecule has 0 radical (unpaired) electrons. The molecule has 1 atom stereocenters. The van der Waals surface area contributed by atoms with Crippen molar-refractivity contribution in [2.24, 2.45) is 0 Å². The molecule has 74 valence electrons. The van der Waals surface area contributed by atoms with Gasteiger partial charge in [-0.1, -0.05) is 0 Å². The van der Waals surface area contributed by atoms with Crippen LogP contribution in [0.15, 0.2) is 23.0 Å². The van der Waals surface area contributed by atoms with Crippen LogP contribution >= 0.6 is 0 Å². The van der Waals surface area contributed by atoms with Crippen molar-refractivity contribution in [2.75, 3.05) is 0 Å². The second kappa shape index (κ2) is 2.37. The van der Waals surface area contributed by atoms with E-state index >= 15 is 0 Å². The Balaban J connectivity index is 2.42. The number of carboxylic acids is 2. The van der Waals surface area contributed by atoms with Gasteiger partial charge in [-0.3, -0.25) is 0 Å². The largest absolute Gasteiger partial charge is 0.478 e. The summed E-state index contributed by atoms with van der Waals surface area (Å²) < 4.78 is 5.06. The van der Waals surface area contributed by atoms with Gasteiger partial charge in [0.05, 0.1) is 0 Å². The molecule has 0 aromatic heterocycles. The van der Waals surface area contributed by atoms with Gasteiger partial charge in [0.1, 0.15) is 5.76 Å². The standard InChI is InChI=1S/C9H8O5/c1-4-6-2-5(7(10)11)3-9(4,14-6)8(12)13/h2H,3H2,1H3,(H,10,11)(H,12,13). The SMILES string of the molecule is CC1=C2C=C(C(=O)O)CC1(C(=O)O)O2. The van der Waals surface area contributed by atoms with Crippen molar-refractivity contribution < 1.29 is 24.5 Å². The quantitative estimate of drug-likeness (QED) is 0.672. The average Bonchev–Trinajstić information content (AvgIpc) is 2.16. The van der Waals surface area contributed by atoms with Gasteiger partial charge in [0.2, 0.25) is 5.60 Å². The van der Waals surface area contributed by atoms with Crippen molar-refractivity contribution in [2.45, 2.75) is 18.9 Å². The van der Waals surface area contributed by atoms with Crippen molar-refractivity contribution in [3.05, 3.63) is 23.0 Å². The molecular formula is C9H8O5. The molecule has 0 aromatic rings. The van der Waals surface area contributed by atoms with Gasteiger partial charge in [-0.25, -0.2) is 9.59 Å². The van der Waals surface area contributed by atoms with Crippen molar-refractivity contribution in [3.63, 3.8) is 0 Å². The minimum Gasteiger partial charge on any atom is -0.478 e. The minimum absolute atomic E-state index is 0.0826. The van der Waals surface area contributed by atoms with Gasteiger partial charge >= 0.3 is 11.9 Å². The third-order valence-electron chi connectivity index (χ3n) is 2.62. The summed E-state index contributed by atoms with van der Waals surface area (Å²) in [6.07, 6.45) is 1.27. The monoisotopic (exact) mass is 196 g/mol. The fraction of sp³-hybridized carbons (Fsp3) is 0.333. The second-order valence-corrected chi connectivity index (χ2v) is 3.37. The molecule has 1 aliphatic carbocycles. The highest BCUT2D eigenvalue weighted by molar-refractivity contribution is 5.94. The summed E-state index contributed by atoms with van der Waals surface area (Å²) in [7, 11) is 0. The maximum Gasteiger partial charge on any atom is 0.353 e. The number of ether oxygens (including phenoxy) is 1. The number of carboxylic acid groups (broad SMARTS) is 2. The second-order valence-electron chi connectivity index (χ2n) is 3.37. The Morgan fingerprint density at radius 2 is 2.14 bits per heavy atom. The van der Waals surface area contributed by atoms with Crippen molar-refractivity contribution >= 4 is 11.9 Å². The van der Waals surface area contributed by atoms with E-state index in [2.05, 4.69) is 0 Å². The third-order valence-corrected chi connectivity index (χ3v) is 2.62. The highest BCUT2D eigenvalue weighted by Crippen LogP contribution is 2.47. The van der Waals surface area contributed by atoms with Crippen LogP contribution < -0.4 is 0 Å². The van der Waals surface area contributed by atoms with Crippen LogP contribution in [0.3, 0.4) is 0 Å². The predicted molar refractivity (Wildman–Crippen MR) is 44.5 cm³/mol. The van der Waals surface area contributed by atoms with E-state index < -0.39 is 17.5 Å². The van der Waals surface area contributed by atoms with Crippen LogP contribution in [0, 0.1) is 0 Å².